The van der Waals surface area contributed by atoms with Crippen LogP contribution in [0.15, 0.2) is 42.5 Å². The molecule has 2 aromatic carbocycles. The predicted molar refractivity (Wildman–Crippen MR) is 101 cm³/mol. The lowest BCUT2D eigenvalue weighted by Crippen LogP contribution is -2.36. The fourth-order valence-electron chi connectivity index (χ4n) is 3.46. The molecule has 1 N–H and O–H groups in total. The Morgan fingerprint density at radius 1 is 1.22 bits per heavy atom. The molecule has 1 saturated heterocycles. The Morgan fingerprint density at radius 2 is 1.96 bits per heavy atom. The second-order valence-corrected chi connectivity index (χ2v) is 6.72. The Balaban J connectivity index is 1.75. The fraction of sp³-hybridized carbons (Fsp3) is 0.333. The third-order valence-corrected chi connectivity index (χ3v) is 4.79. The number of methoxy groups -OCH3 is 1. The molecule has 1 fully saturated rings. The van der Waals surface area contributed by atoms with Crippen molar-refractivity contribution >= 4 is 17.5 Å². The van der Waals surface area contributed by atoms with Crippen LogP contribution in [0.25, 0.3) is 0 Å². The summed E-state index contributed by atoms with van der Waals surface area (Å²) in [5.41, 5.74) is 1.54. The van der Waals surface area contributed by atoms with Crippen LogP contribution in [-0.4, -0.2) is 36.4 Å². The lowest BCUT2D eigenvalue weighted by atomic mass is 10.0. The van der Waals surface area contributed by atoms with Crippen molar-refractivity contribution in [3.8, 4) is 5.75 Å². The van der Waals surface area contributed by atoms with E-state index in [4.69, 9.17) is 4.74 Å². The molecule has 0 radical (unpaired) electrons. The van der Waals surface area contributed by atoms with E-state index in [1.807, 2.05) is 29.2 Å². The first-order valence-corrected chi connectivity index (χ1v) is 8.99. The highest BCUT2D eigenvalue weighted by Crippen LogP contribution is 2.26. The summed E-state index contributed by atoms with van der Waals surface area (Å²) in [4.78, 5) is 26.0. The third-order valence-electron chi connectivity index (χ3n) is 4.79. The van der Waals surface area contributed by atoms with Crippen molar-refractivity contribution in [1.82, 2.24) is 4.90 Å². The smallest absolute Gasteiger partial charge is 0.254 e. The standard InChI is InChI=1S/C21H23FN2O3/c1-14(25)23-20-13-16(7-10-19(20)22)21(26)24-11-3-4-17(24)12-15-5-8-18(27-2)9-6-15/h5-10,13,17H,3-4,11-12H2,1-2H3,(H,23,25)/t17-/m1/s1. The average molecular weight is 370 g/mol. The number of hydrogen-bond acceptors (Lipinski definition) is 3. The number of rotatable bonds is 5. The van der Waals surface area contributed by atoms with Crippen LogP contribution in [0.4, 0.5) is 10.1 Å². The zero-order valence-electron chi connectivity index (χ0n) is 15.5. The molecule has 0 bridgehead atoms. The summed E-state index contributed by atoms with van der Waals surface area (Å²) in [6.45, 7) is 1.98. The number of hydrogen-bond donors (Lipinski definition) is 1. The number of nitrogens with zero attached hydrogens (tertiary/aromatic N) is 1. The van der Waals surface area contributed by atoms with E-state index in [0.717, 1.165) is 30.6 Å². The number of halogens is 1. The second kappa shape index (κ2) is 8.20. The Kier molecular flexibility index (Phi) is 5.74. The summed E-state index contributed by atoms with van der Waals surface area (Å²) in [5.74, 6) is -0.275. The highest BCUT2D eigenvalue weighted by molar-refractivity contribution is 5.97. The maximum Gasteiger partial charge on any atom is 0.254 e. The van der Waals surface area contributed by atoms with Crippen LogP contribution in [0.2, 0.25) is 0 Å². The zero-order valence-corrected chi connectivity index (χ0v) is 15.5. The molecule has 0 saturated carbocycles. The van der Waals surface area contributed by atoms with E-state index in [1.165, 1.54) is 25.1 Å². The number of ether oxygens (including phenoxy) is 1. The third kappa shape index (κ3) is 4.45. The maximum absolute atomic E-state index is 13.8. The van der Waals surface area contributed by atoms with E-state index >= 15 is 0 Å². The molecule has 0 spiro atoms. The molecule has 0 unspecified atom stereocenters. The Labute approximate surface area is 158 Å². The molecule has 1 aliphatic heterocycles. The van der Waals surface area contributed by atoms with Gasteiger partial charge in [0.15, 0.2) is 0 Å². The van der Waals surface area contributed by atoms with Crippen LogP contribution in [0.1, 0.15) is 35.7 Å². The summed E-state index contributed by atoms with van der Waals surface area (Å²) in [6.07, 6.45) is 2.62. The van der Waals surface area contributed by atoms with Crippen LogP contribution >= 0.6 is 0 Å². The van der Waals surface area contributed by atoms with Gasteiger partial charge < -0.3 is 15.0 Å². The van der Waals surface area contributed by atoms with Gasteiger partial charge in [0, 0.05) is 25.1 Å². The van der Waals surface area contributed by atoms with Crippen molar-refractivity contribution in [2.24, 2.45) is 0 Å². The molecular weight excluding hydrogens is 347 g/mol. The van der Waals surface area contributed by atoms with E-state index in [1.54, 1.807) is 7.11 Å². The number of anilines is 1. The van der Waals surface area contributed by atoms with E-state index in [9.17, 15) is 14.0 Å². The fourth-order valence-corrected chi connectivity index (χ4v) is 3.46. The average Bonchev–Trinajstić information content (AvgIpc) is 3.11. The van der Waals surface area contributed by atoms with E-state index in [0.29, 0.717) is 12.1 Å². The van der Waals surface area contributed by atoms with Gasteiger partial charge in [0.25, 0.3) is 5.91 Å². The first-order chi connectivity index (χ1) is 13.0. The molecule has 5 nitrogen and oxygen atoms in total. The normalized spacial score (nSPS) is 16.3. The molecule has 27 heavy (non-hydrogen) atoms. The van der Waals surface area contributed by atoms with Gasteiger partial charge in [0.2, 0.25) is 5.91 Å². The maximum atomic E-state index is 13.8. The van der Waals surface area contributed by atoms with Crippen molar-refractivity contribution in [1.29, 1.82) is 0 Å². The van der Waals surface area contributed by atoms with E-state index in [-0.39, 0.29) is 23.5 Å². The lowest BCUT2D eigenvalue weighted by molar-refractivity contribution is -0.114. The molecule has 1 atom stereocenters. The minimum Gasteiger partial charge on any atom is -0.497 e. The van der Waals surface area contributed by atoms with Crippen LogP contribution in [0.5, 0.6) is 5.75 Å². The van der Waals surface area contributed by atoms with Crippen LogP contribution in [0.3, 0.4) is 0 Å². The Bertz CT molecular complexity index is 836. The predicted octanol–water partition coefficient (Wildman–Crippen LogP) is 3.64. The first-order valence-electron chi connectivity index (χ1n) is 8.99. The molecule has 142 valence electrons. The molecule has 1 aliphatic rings. The Hall–Kier alpha value is -2.89. The monoisotopic (exact) mass is 370 g/mol. The lowest BCUT2D eigenvalue weighted by Gasteiger charge is -2.25. The van der Waals surface area contributed by atoms with Crippen LogP contribution in [-0.2, 0) is 11.2 Å². The van der Waals surface area contributed by atoms with Crippen molar-refractivity contribution in [2.45, 2.75) is 32.2 Å². The molecular formula is C21H23FN2O3. The van der Waals surface area contributed by atoms with Gasteiger partial charge in [-0.15, -0.1) is 0 Å². The summed E-state index contributed by atoms with van der Waals surface area (Å²) in [5, 5.41) is 2.42. The van der Waals surface area contributed by atoms with Crippen molar-refractivity contribution in [2.75, 3.05) is 19.0 Å². The number of carbonyl (C=O) groups excluding carboxylic acids is 2. The topological polar surface area (TPSA) is 58.6 Å². The number of likely N-dealkylation sites (tertiary alicyclic amines) is 1. The number of nitrogens with one attached hydrogen (secondary N) is 1. The van der Waals surface area contributed by atoms with Gasteiger partial charge in [-0.3, -0.25) is 9.59 Å². The molecule has 6 heteroatoms. The molecule has 2 aromatic rings. The summed E-state index contributed by atoms with van der Waals surface area (Å²) >= 11 is 0. The van der Waals surface area contributed by atoms with Crippen molar-refractivity contribution < 1.29 is 18.7 Å². The van der Waals surface area contributed by atoms with E-state index in [2.05, 4.69) is 5.32 Å². The quantitative estimate of drug-likeness (QED) is 0.874. The van der Waals surface area contributed by atoms with Crippen LogP contribution in [0, 0.1) is 5.82 Å². The zero-order chi connectivity index (χ0) is 19.4. The van der Waals surface area contributed by atoms with Crippen molar-refractivity contribution in [3.05, 3.63) is 59.4 Å². The minimum absolute atomic E-state index is 0.0271. The van der Waals surface area contributed by atoms with Gasteiger partial charge in [-0.1, -0.05) is 12.1 Å². The van der Waals surface area contributed by atoms with Crippen molar-refractivity contribution in [3.63, 3.8) is 0 Å². The van der Waals surface area contributed by atoms with Gasteiger partial charge in [-0.2, -0.15) is 0 Å². The number of carbonyl (C=O) groups is 2. The number of benzene rings is 2. The highest BCUT2D eigenvalue weighted by Gasteiger charge is 2.29. The summed E-state index contributed by atoms with van der Waals surface area (Å²) < 4.78 is 19.0. The molecule has 0 aliphatic carbocycles. The van der Waals surface area contributed by atoms with Gasteiger partial charge in [0.1, 0.15) is 11.6 Å². The first kappa shape index (κ1) is 18.9. The second-order valence-electron chi connectivity index (χ2n) is 6.72. The largest absolute Gasteiger partial charge is 0.497 e. The highest BCUT2D eigenvalue weighted by atomic mass is 19.1. The molecule has 1 heterocycles. The summed E-state index contributed by atoms with van der Waals surface area (Å²) in [7, 11) is 1.63. The SMILES string of the molecule is COc1ccc(C[C@H]2CCCN2C(=O)c2ccc(F)c(NC(C)=O)c2)cc1. The molecule has 2 amide bonds. The van der Waals surface area contributed by atoms with E-state index < -0.39 is 5.82 Å². The molecule has 0 aromatic heterocycles. The number of amides is 2. The van der Waals surface area contributed by atoms with Gasteiger partial charge in [-0.05, 0) is 55.2 Å². The molecule has 3 rings (SSSR count). The van der Waals surface area contributed by atoms with Gasteiger partial charge >= 0.3 is 0 Å². The van der Waals surface area contributed by atoms with Gasteiger partial charge in [-0.25, -0.2) is 4.39 Å². The van der Waals surface area contributed by atoms with Crippen LogP contribution < -0.4 is 10.1 Å². The summed E-state index contributed by atoms with van der Waals surface area (Å²) in [6, 6.07) is 12.0. The van der Waals surface area contributed by atoms with Gasteiger partial charge in [0.05, 0.1) is 12.8 Å². The Morgan fingerprint density at radius 3 is 2.63 bits per heavy atom. The minimum atomic E-state index is -0.557.